The van der Waals surface area contributed by atoms with Crippen molar-refractivity contribution in [2.45, 2.75) is 39.3 Å². The molecule has 0 saturated heterocycles. The van der Waals surface area contributed by atoms with Gasteiger partial charge in [-0.2, -0.15) is 5.10 Å². The lowest BCUT2D eigenvalue weighted by Crippen LogP contribution is -2.30. The monoisotopic (exact) mass is 260 g/mol. The molecule has 6 nitrogen and oxygen atoms in total. The standard InChI is InChI=1S/C13H20N6/c1-3-6-19-13(16-9-17-19)7-12(18-14)11-5-4-10(2)15-8-11/h4-5,8-9,12,18H,3,6-7,14H2,1-2H3. The molecule has 3 N–H and O–H groups in total. The molecule has 0 amide bonds. The van der Waals surface area contributed by atoms with Gasteiger partial charge in [-0.05, 0) is 25.0 Å². The van der Waals surface area contributed by atoms with E-state index in [9.17, 15) is 0 Å². The number of nitrogens with two attached hydrogens (primary N) is 1. The minimum Gasteiger partial charge on any atom is -0.271 e. The third-order valence-electron chi connectivity index (χ3n) is 3.06. The van der Waals surface area contributed by atoms with Gasteiger partial charge in [0.15, 0.2) is 0 Å². The SMILES string of the molecule is CCCn1ncnc1CC(NN)c1ccc(C)nc1. The fraction of sp³-hybridized carbons (Fsp3) is 0.462. The first-order chi connectivity index (χ1) is 9.24. The molecule has 0 aliphatic heterocycles. The second kappa shape index (κ2) is 6.40. The summed E-state index contributed by atoms with van der Waals surface area (Å²) in [5.74, 6) is 6.58. The van der Waals surface area contributed by atoms with Gasteiger partial charge in [-0.3, -0.25) is 20.9 Å². The maximum absolute atomic E-state index is 5.65. The molecule has 19 heavy (non-hydrogen) atoms. The molecule has 0 radical (unpaired) electrons. The van der Waals surface area contributed by atoms with Crippen LogP contribution in [0.1, 0.15) is 36.5 Å². The molecule has 0 aromatic carbocycles. The summed E-state index contributed by atoms with van der Waals surface area (Å²) in [6, 6.07) is 4.01. The minimum atomic E-state index is -0.00657. The highest BCUT2D eigenvalue weighted by Crippen LogP contribution is 2.16. The predicted molar refractivity (Wildman–Crippen MR) is 73.1 cm³/mol. The molecule has 2 heterocycles. The maximum Gasteiger partial charge on any atom is 0.138 e. The molecule has 1 unspecified atom stereocenters. The number of hydrogen-bond donors (Lipinski definition) is 2. The van der Waals surface area contributed by atoms with Crippen LogP contribution in [-0.4, -0.2) is 19.7 Å². The topological polar surface area (TPSA) is 81.7 Å². The minimum absolute atomic E-state index is 0.00657. The van der Waals surface area contributed by atoms with Crippen molar-refractivity contribution >= 4 is 0 Å². The van der Waals surface area contributed by atoms with Crippen LogP contribution in [0.2, 0.25) is 0 Å². The van der Waals surface area contributed by atoms with Gasteiger partial charge >= 0.3 is 0 Å². The van der Waals surface area contributed by atoms with Gasteiger partial charge in [0, 0.05) is 24.9 Å². The first-order valence-corrected chi connectivity index (χ1v) is 6.50. The lowest BCUT2D eigenvalue weighted by Gasteiger charge is -2.16. The third kappa shape index (κ3) is 3.36. The smallest absolute Gasteiger partial charge is 0.138 e. The fourth-order valence-corrected chi connectivity index (χ4v) is 1.99. The Labute approximate surface area is 113 Å². The molecule has 102 valence electrons. The highest BCUT2D eigenvalue weighted by atomic mass is 15.3. The highest BCUT2D eigenvalue weighted by molar-refractivity contribution is 5.18. The largest absolute Gasteiger partial charge is 0.271 e. The van der Waals surface area contributed by atoms with E-state index in [2.05, 4.69) is 27.4 Å². The van der Waals surface area contributed by atoms with E-state index in [1.165, 1.54) is 0 Å². The maximum atomic E-state index is 5.65. The van der Waals surface area contributed by atoms with Crippen molar-refractivity contribution in [1.29, 1.82) is 0 Å². The number of hydrazine groups is 1. The Morgan fingerprint density at radius 3 is 2.84 bits per heavy atom. The lowest BCUT2D eigenvalue weighted by molar-refractivity contribution is 0.498. The van der Waals surface area contributed by atoms with Gasteiger partial charge in [0.25, 0.3) is 0 Å². The number of rotatable bonds is 6. The Kier molecular flexibility index (Phi) is 4.59. The van der Waals surface area contributed by atoms with Crippen molar-refractivity contribution in [3.8, 4) is 0 Å². The molecule has 0 fully saturated rings. The summed E-state index contributed by atoms with van der Waals surface area (Å²) in [6.45, 7) is 4.96. The molecule has 0 aliphatic rings. The third-order valence-corrected chi connectivity index (χ3v) is 3.06. The number of nitrogens with one attached hydrogen (secondary N) is 1. The van der Waals surface area contributed by atoms with Gasteiger partial charge in [-0.15, -0.1) is 0 Å². The predicted octanol–water partition coefficient (Wildman–Crippen LogP) is 1.14. The molecular formula is C13H20N6. The van der Waals surface area contributed by atoms with Crippen LogP contribution in [0, 0.1) is 6.92 Å². The summed E-state index contributed by atoms with van der Waals surface area (Å²) in [5.41, 5.74) is 4.87. The van der Waals surface area contributed by atoms with Crippen LogP contribution >= 0.6 is 0 Å². The van der Waals surface area contributed by atoms with Crippen LogP contribution in [-0.2, 0) is 13.0 Å². The Morgan fingerprint density at radius 2 is 2.21 bits per heavy atom. The van der Waals surface area contributed by atoms with Crippen LogP contribution in [0.5, 0.6) is 0 Å². The zero-order valence-electron chi connectivity index (χ0n) is 11.4. The summed E-state index contributed by atoms with van der Waals surface area (Å²) in [4.78, 5) is 8.60. The summed E-state index contributed by atoms with van der Waals surface area (Å²) < 4.78 is 1.92. The van der Waals surface area contributed by atoms with Crippen molar-refractivity contribution in [1.82, 2.24) is 25.2 Å². The zero-order chi connectivity index (χ0) is 13.7. The number of pyridine rings is 1. The lowest BCUT2D eigenvalue weighted by atomic mass is 10.1. The van der Waals surface area contributed by atoms with E-state index < -0.39 is 0 Å². The average Bonchev–Trinajstić information content (AvgIpc) is 2.85. The molecule has 6 heteroatoms. The van der Waals surface area contributed by atoms with E-state index >= 15 is 0 Å². The van der Waals surface area contributed by atoms with E-state index in [4.69, 9.17) is 5.84 Å². The Bertz CT molecular complexity index is 504. The number of nitrogens with zero attached hydrogens (tertiary/aromatic N) is 4. The van der Waals surface area contributed by atoms with E-state index in [1.54, 1.807) is 6.33 Å². The van der Waals surface area contributed by atoms with E-state index in [0.717, 1.165) is 30.0 Å². The second-order valence-electron chi connectivity index (χ2n) is 4.56. The number of aromatic nitrogens is 4. The molecular weight excluding hydrogens is 240 g/mol. The van der Waals surface area contributed by atoms with Crippen molar-refractivity contribution in [2.75, 3.05) is 0 Å². The van der Waals surface area contributed by atoms with E-state index in [1.807, 2.05) is 29.9 Å². The van der Waals surface area contributed by atoms with Crippen molar-refractivity contribution in [3.05, 3.63) is 41.7 Å². The molecule has 0 saturated carbocycles. The Morgan fingerprint density at radius 1 is 1.37 bits per heavy atom. The fourth-order valence-electron chi connectivity index (χ4n) is 1.99. The summed E-state index contributed by atoms with van der Waals surface area (Å²) in [6.07, 6.45) is 5.16. The first kappa shape index (κ1) is 13.6. The van der Waals surface area contributed by atoms with E-state index in [-0.39, 0.29) is 6.04 Å². The summed E-state index contributed by atoms with van der Waals surface area (Å²) in [7, 11) is 0. The van der Waals surface area contributed by atoms with Crippen LogP contribution < -0.4 is 11.3 Å². The summed E-state index contributed by atoms with van der Waals surface area (Å²) in [5, 5.41) is 4.22. The van der Waals surface area contributed by atoms with Gasteiger partial charge in [0.2, 0.25) is 0 Å². The van der Waals surface area contributed by atoms with Crippen LogP contribution in [0.3, 0.4) is 0 Å². The van der Waals surface area contributed by atoms with Crippen molar-refractivity contribution in [3.63, 3.8) is 0 Å². The first-order valence-electron chi connectivity index (χ1n) is 6.50. The van der Waals surface area contributed by atoms with Gasteiger partial charge < -0.3 is 0 Å². The van der Waals surface area contributed by atoms with Crippen LogP contribution in [0.4, 0.5) is 0 Å². The van der Waals surface area contributed by atoms with Crippen molar-refractivity contribution < 1.29 is 0 Å². The second-order valence-corrected chi connectivity index (χ2v) is 4.56. The molecule has 2 aromatic rings. The molecule has 2 rings (SSSR count). The zero-order valence-corrected chi connectivity index (χ0v) is 11.4. The Balaban J connectivity index is 2.14. The van der Waals surface area contributed by atoms with Gasteiger partial charge in [0.1, 0.15) is 12.2 Å². The quantitative estimate of drug-likeness (QED) is 0.601. The molecule has 2 aromatic heterocycles. The van der Waals surface area contributed by atoms with Crippen LogP contribution in [0.25, 0.3) is 0 Å². The molecule has 0 bridgehead atoms. The van der Waals surface area contributed by atoms with Gasteiger partial charge in [0.05, 0.1) is 6.04 Å². The van der Waals surface area contributed by atoms with E-state index in [0.29, 0.717) is 6.42 Å². The molecule has 0 spiro atoms. The number of aryl methyl sites for hydroxylation is 2. The van der Waals surface area contributed by atoms with Crippen molar-refractivity contribution in [2.24, 2.45) is 5.84 Å². The van der Waals surface area contributed by atoms with Crippen LogP contribution in [0.15, 0.2) is 24.7 Å². The average molecular weight is 260 g/mol. The molecule has 1 atom stereocenters. The molecule has 0 aliphatic carbocycles. The van der Waals surface area contributed by atoms with Gasteiger partial charge in [-0.1, -0.05) is 13.0 Å². The number of hydrogen-bond acceptors (Lipinski definition) is 5. The highest BCUT2D eigenvalue weighted by Gasteiger charge is 2.14. The summed E-state index contributed by atoms with van der Waals surface area (Å²) >= 11 is 0. The van der Waals surface area contributed by atoms with Gasteiger partial charge in [-0.25, -0.2) is 4.98 Å². The normalized spacial score (nSPS) is 12.6. The Hall–Kier alpha value is -1.79.